The summed E-state index contributed by atoms with van der Waals surface area (Å²) in [6.45, 7) is 7.32. The highest BCUT2D eigenvalue weighted by atomic mass is 31.2. The highest BCUT2D eigenvalue weighted by Gasteiger charge is 2.24. The van der Waals surface area contributed by atoms with Crippen LogP contribution in [0.1, 0.15) is 11.1 Å². The summed E-state index contributed by atoms with van der Waals surface area (Å²) in [5.41, 5.74) is 2.08. The van der Waals surface area contributed by atoms with Crippen LogP contribution in [-0.4, -0.2) is 4.89 Å². The Morgan fingerprint density at radius 3 is 1.48 bits per heavy atom. The fourth-order valence-corrected chi connectivity index (χ4v) is 2.80. The third-order valence-corrected chi connectivity index (χ3v) is 3.93. The molecule has 2 aromatic rings. The van der Waals surface area contributed by atoms with Gasteiger partial charge in [0, 0.05) is 0 Å². The molecule has 0 aliphatic carbocycles. The molecular weight excluding hydrogens is 311 g/mol. The molecule has 0 spiro atoms. The summed E-state index contributed by atoms with van der Waals surface area (Å²) < 4.78 is 22.2. The lowest BCUT2D eigenvalue weighted by molar-refractivity contribution is 0.291. The van der Waals surface area contributed by atoms with Crippen LogP contribution in [0.2, 0.25) is 0 Å². The molecule has 23 heavy (non-hydrogen) atoms. The zero-order valence-electron chi connectivity index (χ0n) is 12.7. The first-order valence-corrected chi connectivity index (χ1v) is 8.63. The van der Waals surface area contributed by atoms with Crippen molar-refractivity contribution in [1.29, 1.82) is 0 Å². The summed E-state index contributed by atoms with van der Waals surface area (Å²) in [4.78, 5) is 9.85. The van der Waals surface area contributed by atoms with Crippen LogP contribution in [0.4, 0.5) is 0 Å². The second-order valence-corrected chi connectivity index (χ2v) is 6.23. The zero-order chi connectivity index (χ0) is 16.7. The van der Waals surface area contributed by atoms with E-state index < -0.39 is 7.82 Å². The molecule has 0 aliphatic heterocycles. The van der Waals surface area contributed by atoms with E-state index in [0.29, 0.717) is 0 Å². The molecule has 5 heteroatoms. The molecule has 0 radical (unpaired) electrons. The van der Waals surface area contributed by atoms with Gasteiger partial charge in [0.05, 0.1) is 0 Å². The maximum Gasteiger partial charge on any atom is 0.584 e. The first-order valence-electron chi connectivity index (χ1n) is 7.14. The normalized spacial score (nSPS) is 10.8. The smallest absolute Gasteiger partial charge is 0.395 e. The maximum absolute atomic E-state index is 12.1. The Hall–Kier alpha value is -2.29. The van der Waals surface area contributed by atoms with Crippen molar-refractivity contribution in [1.82, 2.24) is 0 Å². The van der Waals surface area contributed by atoms with Gasteiger partial charge in [-0.15, -0.1) is 13.2 Å². The van der Waals surface area contributed by atoms with E-state index in [0.717, 1.165) is 24.0 Å². The van der Waals surface area contributed by atoms with Crippen LogP contribution < -0.4 is 9.05 Å². The van der Waals surface area contributed by atoms with Gasteiger partial charge < -0.3 is 9.05 Å². The van der Waals surface area contributed by atoms with E-state index in [4.69, 9.17) is 9.05 Å². The van der Waals surface area contributed by atoms with Crippen LogP contribution in [0.25, 0.3) is 0 Å². The summed E-state index contributed by atoms with van der Waals surface area (Å²) in [6.07, 6.45) is 5.02. The average molecular weight is 330 g/mol. The molecule has 0 unspecified atom stereocenters. The second-order valence-electron chi connectivity index (χ2n) is 4.92. The van der Waals surface area contributed by atoms with Crippen LogP contribution in [-0.2, 0) is 17.4 Å². The molecule has 0 aromatic heterocycles. The van der Waals surface area contributed by atoms with Gasteiger partial charge in [-0.3, -0.25) is 4.89 Å². The van der Waals surface area contributed by atoms with Gasteiger partial charge in [-0.05, 0) is 48.2 Å². The van der Waals surface area contributed by atoms with Crippen LogP contribution >= 0.6 is 7.82 Å². The molecule has 2 aromatic carbocycles. The van der Waals surface area contributed by atoms with Crippen molar-refractivity contribution in [3.8, 4) is 11.5 Å². The molecule has 0 saturated carbocycles. The fourth-order valence-electron chi connectivity index (χ4n) is 1.99. The third-order valence-electron chi connectivity index (χ3n) is 3.05. The Morgan fingerprint density at radius 1 is 0.826 bits per heavy atom. The van der Waals surface area contributed by atoms with Crippen molar-refractivity contribution in [3.05, 3.63) is 85.0 Å². The van der Waals surface area contributed by atoms with Crippen molar-refractivity contribution >= 4 is 7.82 Å². The molecule has 1 N–H and O–H groups in total. The third kappa shape index (κ3) is 5.44. The van der Waals surface area contributed by atoms with Crippen LogP contribution in [0.15, 0.2) is 73.8 Å². The number of phosphoric acid groups is 1. The topological polar surface area (TPSA) is 55.8 Å². The molecule has 0 saturated heterocycles. The van der Waals surface area contributed by atoms with Crippen molar-refractivity contribution < 1.29 is 18.5 Å². The van der Waals surface area contributed by atoms with E-state index in [1.54, 1.807) is 60.7 Å². The molecule has 0 amide bonds. The standard InChI is InChI=1S/C18H19O4P/c1-3-5-15-7-11-17(12-8-15)21-23(19,20)22-18-13-9-16(6-4-2)10-14-18/h3-4,7-14H,1-2,5-6H2,(H,19,20). The largest absolute Gasteiger partial charge is 0.584 e. The minimum atomic E-state index is -4.24. The molecule has 0 bridgehead atoms. The van der Waals surface area contributed by atoms with Crippen molar-refractivity contribution in [2.45, 2.75) is 12.8 Å². The van der Waals surface area contributed by atoms with Gasteiger partial charge in [0.25, 0.3) is 0 Å². The van der Waals surface area contributed by atoms with E-state index in [2.05, 4.69) is 13.2 Å². The zero-order valence-corrected chi connectivity index (χ0v) is 13.6. The maximum atomic E-state index is 12.1. The number of phosphoric ester groups is 1. The number of rotatable bonds is 8. The summed E-state index contributed by atoms with van der Waals surface area (Å²) >= 11 is 0. The lowest BCUT2D eigenvalue weighted by Gasteiger charge is -2.14. The van der Waals surface area contributed by atoms with Crippen LogP contribution in [0.3, 0.4) is 0 Å². The quantitative estimate of drug-likeness (QED) is 0.563. The van der Waals surface area contributed by atoms with E-state index in [1.807, 2.05) is 0 Å². The van der Waals surface area contributed by atoms with Crippen LogP contribution in [0.5, 0.6) is 11.5 Å². The lowest BCUT2D eigenvalue weighted by atomic mass is 10.1. The Bertz CT molecular complexity index is 645. The van der Waals surface area contributed by atoms with Gasteiger partial charge in [0.2, 0.25) is 0 Å². The summed E-state index contributed by atoms with van der Waals surface area (Å²) in [6, 6.07) is 13.7. The van der Waals surface area contributed by atoms with Gasteiger partial charge in [0.1, 0.15) is 11.5 Å². The number of hydrogen-bond donors (Lipinski definition) is 1. The van der Waals surface area contributed by atoms with E-state index >= 15 is 0 Å². The van der Waals surface area contributed by atoms with E-state index in [-0.39, 0.29) is 11.5 Å². The van der Waals surface area contributed by atoms with E-state index in [1.165, 1.54) is 0 Å². The second kappa shape index (κ2) is 7.82. The molecule has 2 rings (SSSR count). The Kier molecular flexibility index (Phi) is 5.80. The Labute approximate surface area is 136 Å². The molecule has 4 nitrogen and oxygen atoms in total. The molecule has 0 aliphatic rings. The average Bonchev–Trinajstić information content (AvgIpc) is 2.51. The number of allylic oxidation sites excluding steroid dienone is 2. The predicted octanol–water partition coefficient (Wildman–Crippen LogP) is 4.70. The minimum absolute atomic E-state index is 0.270. The monoisotopic (exact) mass is 330 g/mol. The molecule has 0 heterocycles. The molecule has 0 atom stereocenters. The number of benzene rings is 2. The molecular formula is C18H19O4P. The van der Waals surface area contributed by atoms with Crippen molar-refractivity contribution in [3.63, 3.8) is 0 Å². The van der Waals surface area contributed by atoms with Gasteiger partial charge in [0.15, 0.2) is 0 Å². The van der Waals surface area contributed by atoms with Gasteiger partial charge in [-0.2, -0.15) is 0 Å². The SMILES string of the molecule is C=CCc1ccc(OP(=O)(O)Oc2ccc(CC=C)cc2)cc1. The van der Waals surface area contributed by atoms with Crippen LogP contribution in [0, 0.1) is 0 Å². The van der Waals surface area contributed by atoms with Gasteiger partial charge in [-0.1, -0.05) is 36.4 Å². The summed E-state index contributed by atoms with van der Waals surface area (Å²) in [5.74, 6) is 0.541. The highest BCUT2D eigenvalue weighted by molar-refractivity contribution is 7.48. The Balaban J connectivity index is 2.01. The first-order chi connectivity index (χ1) is 11.0. The Morgan fingerprint density at radius 2 is 1.17 bits per heavy atom. The highest BCUT2D eigenvalue weighted by Crippen LogP contribution is 2.44. The van der Waals surface area contributed by atoms with Gasteiger partial charge in [-0.25, -0.2) is 4.57 Å². The summed E-state index contributed by atoms with van der Waals surface area (Å²) in [7, 11) is -4.24. The minimum Gasteiger partial charge on any atom is -0.395 e. The van der Waals surface area contributed by atoms with Gasteiger partial charge >= 0.3 is 7.82 Å². The van der Waals surface area contributed by atoms with E-state index in [9.17, 15) is 9.46 Å². The lowest BCUT2D eigenvalue weighted by Crippen LogP contribution is -2.00. The first kappa shape index (κ1) is 17.1. The fraction of sp³-hybridized carbons (Fsp3) is 0.111. The van der Waals surface area contributed by atoms with Crippen molar-refractivity contribution in [2.75, 3.05) is 0 Å². The number of hydrogen-bond acceptors (Lipinski definition) is 3. The summed E-state index contributed by atoms with van der Waals surface area (Å²) in [5, 5.41) is 0. The van der Waals surface area contributed by atoms with Crippen molar-refractivity contribution in [2.24, 2.45) is 0 Å². The molecule has 0 fully saturated rings. The predicted molar refractivity (Wildman–Crippen MR) is 91.8 cm³/mol. The molecule has 120 valence electrons.